The van der Waals surface area contributed by atoms with Gasteiger partial charge in [0.15, 0.2) is 0 Å². The number of nitro groups is 1. The maximum absolute atomic E-state index is 10.6. The number of benzene rings is 1. The van der Waals surface area contributed by atoms with E-state index in [4.69, 9.17) is 10.5 Å². The number of hydrogen-bond donors (Lipinski definition) is 1. The van der Waals surface area contributed by atoms with Crippen molar-refractivity contribution < 1.29 is 9.66 Å². The Morgan fingerprint density at radius 2 is 2.21 bits per heavy atom. The average Bonchev–Trinajstić information content (AvgIpc) is 2.17. The minimum atomic E-state index is -0.499. The van der Waals surface area contributed by atoms with Gasteiger partial charge in [0.25, 0.3) is 5.69 Å². The van der Waals surface area contributed by atoms with Crippen molar-refractivity contribution in [1.82, 2.24) is 0 Å². The first-order chi connectivity index (χ1) is 6.56. The first-order valence-electron chi connectivity index (χ1n) is 4.13. The number of nitrogen functional groups attached to an aromatic ring is 1. The molecule has 0 aliphatic rings. The van der Waals surface area contributed by atoms with Crippen molar-refractivity contribution in [1.29, 1.82) is 0 Å². The topological polar surface area (TPSA) is 78.4 Å². The molecule has 0 bridgehead atoms. The van der Waals surface area contributed by atoms with E-state index >= 15 is 0 Å². The van der Waals surface area contributed by atoms with Gasteiger partial charge in [-0.05, 0) is 18.6 Å². The van der Waals surface area contributed by atoms with Crippen LogP contribution in [-0.4, -0.2) is 12.0 Å². The lowest BCUT2D eigenvalue weighted by atomic mass is 10.1. The number of ether oxygens (including phenoxy) is 1. The molecular weight excluding hydrogens is 184 g/mol. The van der Waals surface area contributed by atoms with Gasteiger partial charge >= 0.3 is 0 Å². The highest BCUT2D eigenvalue weighted by atomic mass is 16.6. The fourth-order valence-corrected chi connectivity index (χ4v) is 1.11. The first-order valence-corrected chi connectivity index (χ1v) is 4.13. The first kappa shape index (κ1) is 10.5. The van der Waals surface area contributed by atoms with E-state index in [1.807, 2.05) is 6.92 Å². The molecule has 1 aromatic carbocycles. The Morgan fingerprint density at radius 1 is 1.57 bits per heavy atom. The van der Waals surface area contributed by atoms with E-state index in [-0.39, 0.29) is 17.5 Å². The lowest BCUT2D eigenvalue weighted by Crippen LogP contribution is -2.00. The molecule has 1 aromatic rings. The van der Waals surface area contributed by atoms with Gasteiger partial charge in [-0.25, -0.2) is 0 Å². The highest BCUT2D eigenvalue weighted by Crippen LogP contribution is 2.26. The lowest BCUT2D eigenvalue weighted by Gasteiger charge is -2.09. The molecule has 14 heavy (non-hydrogen) atoms. The van der Waals surface area contributed by atoms with E-state index in [1.165, 1.54) is 12.1 Å². The summed E-state index contributed by atoms with van der Waals surface area (Å²) >= 11 is 0. The molecule has 0 aliphatic heterocycles. The third-order valence-electron chi connectivity index (χ3n) is 2.07. The van der Waals surface area contributed by atoms with Crippen molar-refractivity contribution >= 4 is 11.4 Å². The van der Waals surface area contributed by atoms with Gasteiger partial charge in [-0.15, -0.1) is 0 Å². The Balaban J connectivity index is 3.12. The average molecular weight is 196 g/mol. The quantitative estimate of drug-likeness (QED) is 0.454. The normalized spacial score (nSPS) is 12.4. The lowest BCUT2D eigenvalue weighted by molar-refractivity contribution is -0.384. The highest BCUT2D eigenvalue weighted by Gasteiger charge is 2.14. The molecular formula is C9H12N2O3. The number of methoxy groups -OCH3 is 1. The van der Waals surface area contributed by atoms with Gasteiger partial charge < -0.3 is 10.5 Å². The van der Waals surface area contributed by atoms with Crippen LogP contribution in [-0.2, 0) is 4.74 Å². The van der Waals surface area contributed by atoms with Crippen LogP contribution in [0.3, 0.4) is 0 Å². The number of hydrogen-bond acceptors (Lipinski definition) is 4. The van der Waals surface area contributed by atoms with Crippen molar-refractivity contribution in [3.8, 4) is 0 Å². The molecule has 1 rings (SSSR count). The van der Waals surface area contributed by atoms with Gasteiger partial charge in [0, 0.05) is 13.2 Å². The molecule has 5 nitrogen and oxygen atoms in total. The second-order valence-corrected chi connectivity index (χ2v) is 2.95. The summed E-state index contributed by atoms with van der Waals surface area (Å²) in [7, 11) is 1.55. The summed E-state index contributed by atoms with van der Waals surface area (Å²) in [4.78, 5) is 10.1. The van der Waals surface area contributed by atoms with Crippen LogP contribution in [0.1, 0.15) is 18.6 Å². The summed E-state index contributed by atoms with van der Waals surface area (Å²) in [6.07, 6.45) is -0.172. The molecule has 0 saturated carbocycles. The van der Waals surface area contributed by atoms with Crippen molar-refractivity contribution in [2.75, 3.05) is 12.8 Å². The summed E-state index contributed by atoms with van der Waals surface area (Å²) in [6.45, 7) is 1.81. The number of nitrogens with two attached hydrogens (primary N) is 1. The fraction of sp³-hybridized carbons (Fsp3) is 0.333. The van der Waals surface area contributed by atoms with Gasteiger partial charge in [0.1, 0.15) is 5.69 Å². The molecule has 0 heterocycles. The van der Waals surface area contributed by atoms with Crippen LogP contribution in [0.2, 0.25) is 0 Å². The van der Waals surface area contributed by atoms with E-state index in [0.717, 1.165) is 5.56 Å². The van der Waals surface area contributed by atoms with Gasteiger partial charge in [-0.1, -0.05) is 6.07 Å². The van der Waals surface area contributed by atoms with Crippen LogP contribution < -0.4 is 5.73 Å². The summed E-state index contributed by atoms with van der Waals surface area (Å²) in [5, 5.41) is 10.6. The van der Waals surface area contributed by atoms with Gasteiger partial charge in [0.2, 0.25) is 0 Å². The van der Waals surface area contributed by atoms with Crippen molar-refractivity contribution in [2.45, 2.75) is 13.0 Å². The SMILES string of the molecule is COC(C)c1ccc(N)c([N+](=O)[O-])c1. The molecule has 1 atom stereocenters. The zero-order chi connectivity index (χ0) is 10.7. The van der Waals surface area contributed by atoms with Crippen LogP contribution in [0.5, 0.6) is 0 Å². The third kappa shape index (κ3) is 2.00. The maximum atomic E-state index is 10.6. The molecule has 0 spiro atoms. The van der Waals surface area contributed by atoms with E-state index in [9.17, 15) is 10.1 Å². The molecule has 0 radical (unpaired) electrons. The van der Waals surface area contributed by atoms with Crippen LogP contribution in [0.15, 0.2) is 18.2 Å². The number of nitrogens with zero attached hydrogens (tertiary/aromatic N) is 1. The van der Waals surface area contributed by atoms with Crippen LogP contribution in [0.4, 0.5) is 11.4 Å². The molecule has 1 unspecified atom stereocenters. The highest BCUT2D eigenvalue weighted by molar-refractivity contribution is 5.59. The zero-order valence-corrected chi connectivity index (χ0v) is 8.06. The molecule has 76 valence electrons. The summed E-state index contributed by atoms with van der Waals surface area (Å²) < 4.78 is 5.05. The van der Waals surface area contributed by atoms with E-state index < -0.39 is 4.92 Å². The third-order valence-corrected chi connectivity index (χ3v) is 2.07. The number of nitro benzene ring substituents is 1. The second-order valence-electron chi connectivity index (χ2n) is 2.95. The predicted octanol–water partition coefficient (Wildman–Crippen LogP) is 1.88. The van der Waals surface area contributed by atoms with E-state index in [1.54, 1.807) is 13.2 Å². The predicted molar refractivity (Wildman–Crippen MR) is 52.9 cm³/mol. The summed E-state index contributed by atoms with van der Waals surface area (Å²) in [5.41, 5.74) is 6.28. The molecule has 0 amide bonds. The Hall–Kier alpha value is -1.62. The Bertz CT molecular complexity index is 352. The van der Waals surface area contributed by atoms with Gasteiger partial charge in [-0.3, -0.25) is 10.1 Å². The Morgan fingerprint density at radius 3 is 2.71 bits per heavy atom. The number of anilines is 1. The van der Waals surface area contributed by atoms with E-state index in [0.29, 0.717) is 0 Å². The maximum Gasteiger partial charge on any atom is 0.292 e. The molecule has 0 aliphatic carbocycles. The van der Waals surface area contributed by atoms with Crippen molar-refractivity contribution in [3.05, 3.63) is 33.9 Å². The van der Waals surface area contributed by atoms with E-state index in [2.05, 4.69) is 0 Å². The second kappa shape index (κ2) is 4.06. The Labute approximate surface area is 81.6 Å². The van der Waals surface area contributed by atoms with Crippen LogP contribution in [0.25, 0.3) is 0 Å². The van der Waals surface area contributed by atoms with Crippen molar-refractivity contribution in [2.24, 2.45) is 0 Å². The van der Waals surface area contributed by atoms with Gasteiger partial charge in [-0.2, -0.15) is 0 Å². The smallest absolute Gasteiger partial charge is 0.292 e. The van der Waals surface area contributed by atoms with Crippen LogP contribution >= 0.6 is 0 Å². The monoisotopic (exact) mass is 196 g/mol. The minimum Gasteiger partial charge on any atom is -0.393 e. The molecule has 0 fully saturated rings. The molecule has 2 N–H and O–H groups in total. The van der Waals surface area contributed by atoms with Crippen molar-refractivity contribution in [3.63, 3.8) is 0 Å². The van der Waals surface area contributed by atoms with Gasteiger partial charge in [0.05, 0.1) is 11.0 Å². The molecule has 0 aromatic heterocycles. The summed E-state index contributed by atoms with van der Waals surface area (Å²) in [6, 6.07) is 4.67. The molecule has 5 heteroatoms. The standard InChI is InChI=1S/C9H12N2O3/c1-6(14-2)7-3-4-8(10)9(5-7)11(12)13/h3-6H,10H2,1-2H3. The largest absolute Gasteiger partial charge is 0.393 e. The zero-order valence-electron chi connectivity index (χ0n) is 8.06. The minimum absolute atomic E-state index is 0.0774. The fourth-order valence-electron chi connectivity index (χ4n) is 1.11. The molecule has 0 saturated heterocycles. The number of rotatable bonds is 3. The van der Waals surface area contributed by atoms with Crippen LogP contribution in [0, 0.1) is 10.1 Å². The Kier molecular flexibility index (Phi) is 3.03. The summed E-state index contributed by atoms with van der Waals surface area (Å²) in [5.74, 6) is 0.